The van der Waals surface area contributed by atoms with Crippen molar-refractivity contribution in [3.8, 4) is 0 Å². The van der Waals surface area contributed by atoms with E-state index in [4.69, 9.17) is 4.99 Å². The van der Waals surface area contributed by atoms with E-state index in [2.05, 4.69) is 67.6 Å². The Morgan fingerprint density at radius 1 is 0.783 bits per heavy atom. The molecule has 114 valence electrons. The highest BCUT2D eigenvalue weighted by atomic mass is 14.8. The van der Waals surface area contributed by atoms with Gasteiger partial charge in [-0.25, -0.2) is 0 Å². The highest BCUT2D eigenvalue weighted by Crippen LogP contribution is 2.22. The normalized spacial score (nSPS) is 12.4. The van der Waals surface area contributed by atoms with Crippen LogP contribution < -0.4 is 0 Å². The molecule has 0 aromatic heterocycles. The third-order valence-corrected chi connectivity index (χ3v) is 3.94. The van der Waals surface area contributed by atoms with Crippen LogP contribution in [0.3, 0.4) is 0 Å². The summed E-state index contributed by atoms with van der Waals surface area (Å²) in [5.74, 6) is 0. The van der Waals surface area contributed by atoms with Gasteiger partial charge in [0.2, 0.25) is 0 Å². The zero-order valence-corrected chi connectivity index (χ0v) is 13.4. The summed E-state index contributed by atoms with van der Waals surface area (Å²) in [6.07, 6.45) is 2.89. The van der Waals surface area contributed by atoms with Crippen molar-refractivity contribution < 1.29 is 0 Å². The molecule has 0 aliphatic heterocycles. The zero-order chi connectivity index (χ0) is 15.9. The first-order valence-electron chi connectivity index (χ1n) is 8.00. The van der Waals surface area contributed by atoms with Gasteiger partial charge in [0.1, 0.15) is 0 Å². The van der Waals surface area contributed by atoms with Crippen molar-refractivity contribution in [1.29, 1.82) is 0 Å². The number of rotatable bonds is 5. The van der Waals surface area contributed by atoms with Gasteiger partial charge in [-0.15, -0.1) is 0 Å². The molecule has 0 amide bonds. The molecule has 0 saturated heterocycles. The van der Waals surface area contributed by atoms with Gasteiger partial charge in [0.25, 0.3) is 0 Å². The summed E-state index contributed by atoms with van der Waals surface area (Å²) in [6.45, 7) is 2.12. The smallest absolute Gasteiger partial charge is 0.0789 e. The fraction of sp³-hybridized carbons (Fsp3) is 0.136. The van der Waals surface area contributed by atoms with Gasteiger partial charge in [-0.2, -0.15) is 0 Å². The monoisotopic (exact) mass is 299 g/mol. The van der Waals surface area contributed by atoms with Crippen molar-refractivity contribution in [2.24, 2.45) is 4.99 Å². The van der Waals surface area contributed by atoms with Crippen molar-refractivity contribution in [3.63, 3.8) is 0 Å². The molecule has 3 rings (SSSR count). The Balaban J connectivity index is 1.85. The van der Waals surface area contributed by atoms with Crippen molar-refractivity contribution in [2.45, 2.75) is 19.4 Å². The van der Waals surface area contributed by atoms with Gasteiger partial charge in [-0.3, -0.25) is 4.99 Å². The average molecular weight is 299 g/mol. The van der Waals surface area contributed by atoms with Gasteiger partial charge >= 0.3 is 0 Å². The zero-order valence-electron chi connectivity index (χ0n) is 13.4. The second-order valence-corrected chi connectivity index (χ2v) is 5.81. The highest BCUT2D eigenvalue weighted by Gasteiger charge is 2.10. The predicted octanol–water partition coefficient (Wildman–Crippen LogP) is 5.40. The Bertz CT molecular complexity index is 743. The predicted molar refractivity (Wildman–Crippen MR) is 98.1 cm³/mol. The molecule has 0 spiro atoms. The lowest BCUT2D eigenvalue weighted by Gasteiger charge is -2.13. The number of aryl methyl sites for hydroxylation is 1. The fourth-order valence-electron chi connectivity index (χ4n) is 2.59. The molecule has 1 unspecified atom stereocenters. The number of benzene rings is 3. The van der Waals surface area contributed by atoms with Crippen molar-refractivity contribution in [3.05, 3.63) is 107 Å². The van der Waals surface area contributed by atoms with Gasteiger partial charge in [-0.1, -0.05) is 90.5 Å². The first kappa shape index (κ1) is 15.2. The molecule has 1 nitrogen and oxygen atoms in total. The van der Waals surface area contributed by atoms with Crippen LogP contribution >= 0.6 is 0 Å². The van der Waals surface area contributed by atoms with E-state index in [1.165, 1.54) is 16.7 Å². The molecule has 0 saturated carbocycles. The van der Waals surface area contributed by atoms with Crippen LogP contribution in [0.4, 0.5) is 0 Å². The Hall–Kier alpha value is -2.67. The van der Waals surface area contributed by atoms with Crippen LogP contribution in [-0.4, -0.2) is 6.21 Å². The summed E-state index contributed by atoms with van der Waals surface area (Å²) < 4.78 is 0. The molecule has 0 bridgehead atoms. The van der Waals surface area contributed by atoms with Crippen LogP contribution in [0.1, 0.15) is 28.3 Å². The first-order chi connectivity index (χ1) is 11.3. The summed E-state index contributed by atoms with van der Waals surface area (Å²) >= 11 is 0. The van der Waals surface area contributed by atoms with Gasteiger partial charge in [0.05, 0.1) is 6.04 Å². The molecule has 0 heterocycles. The van der Waals surface area contributed by atoms with Crippen LogP contribution in [-0.2, 0) is 6.42 Å². The van der Waals surface area contributed by atoms with Crippen molar-refractivity contribution in [2.75, 3.05) is 0 Å². The van der Waals surface area contributed by atoms with Crippen LogP contribution in [0.25, 0.3) is 0 Å². The SMILES string of the molecule is Cc1ccc(CC(N=Cc2ccccc2)c2ccccc2)cc1. The van der Waals surface area contributed by atoms with Gasteiger partial charge < -0.3 is 0 Å². The minimum atomic E-state index is 0.138. The Morgan fingerprint density at radius 2 is 1.39 bits per heavy atom. The quantitative estimate of drug-likeness (QED) is 0.559. The number of hydrogen-bond acceptors (Lipinski definition) is 1. The number of aliphatic imine (C=N–C) groups is 1. The minimum Gasteiger partial charge on any atom is -0.284 e. The Morgan fingerprint density at radius 3 is 2.04 bits per heavy atom. The molecule has 3 aromatic rings. The minimum absolute atomic E-state index is 0.138. The second-order valence-electron chi connectivity index (χ2n) is 5.81. The number of hydrogen-bond donors (Lipinski definition) is 0. The van der Waals surface area contributed by atoms with E-state index in [0.717, 1.165) is 12.0 Å². The fourth-order valence-corrected chi connectivity index (χ4v) is 2.59. The number of nitrogens with zero attached hydrogens (tertiary/aromatic N) is 1. The van der Waals surface area contributed by atoms with Crippen molar-refractivity contribution >= 4 is 6.21 Å². The maximum absolute atomic E-state index is 4.86. The third kappa shape index (κ3) is 4.40. The molecule has 1 atom stereocenters. The third-order valence-electron chi connectivity index (χ3n) is 3.94. The molecule has 3 aromatic carbocycles. The molecule has 1 heteroatoms. The maximum Gasteiger partial charge on any atom is 0.0789 e. The van der Waals surface area contributed by atoms with E-state index < -0.39 is 0 Å². The lowest BCUT2D eigenvalue weighted by molar-refractivity contribution is 0.728. The van der Waals surface area contributed by atoms with E-state index in [1.807, 2.05) is 30.5 Å². The molecule has 0 radical (unpaired) electrons. The molecule has 0 aliphatic carbocycles. The molecule has 23 heavy (non-hydrogen) atoms. The Kier molecular flexibility index (Phi) is 5.00. The highest BCUT2D eigenvalue weighted by molar-refractivity contribution is 5.79. The topological polar surface area (TPSA) is 12.4 Å². The summed E-state index contributed by atoms with van der Waals surface area (Å²) in [4.78, 5) is 4.86. The van der Waals surface area contributed by atoms with E-state index in [-0.39, 0.29) is 6.04 Å². The van der Waals surface area contributed by atoms with Crippen LogP contribution in [0.15, 0.2) is 89.9 Å². The van der Waals surface area contributed by atoms with E-state index in [9.17, 15) is 0 Å². The molecule has 0 N–H and O–H groups in total. The van der Waals surface area contributed by atoms with E-state index in [1.54, 1.807) is 0 Å². The summed E-state index contributed by atoms with van der Waals surface area (Å²) in [5, 5.41) is 0. The average Bonchev–Trinajstić information content (AvgIpc) is 2.62. The molecular formula is C22H21N. The lowest BCUT2D eigenvalue weighted by Crippen LogP contribution is -2.01. The van der Waals surface area contributed by atoms with Crippen LogP contribution in [0.2, 0.25) is 0 Å². The Labute approximate surface area is 138 Å². The van der Waals surface area contributed by atoms with Gasteiger partial charge in [-0.05, 0) is 30.0 Å². The second kappa shape index (κ2) is 7.55. The van der Waals surface area contributed by atoms with Gasteiger partial charge in [0, 0.05) is 6.21 Å². The van der Waals surface area contributed by atoms with E-state index >= 15 is 0 Å². The summed E-state index contributed by atoms with van der Waals surface area (Å²) in [6, 6.07) is 29.6. The van der Waals surface area contributed by atoms with Crippen LogP contribution in [0, 0.1) is 6.92 Å². The molecule has 0 aliphatic rings. The standard InChI is InChI=1S/C22H21N/c1-18-12-14-19(15-13-18)16-22(21-10-6-3-7-11-21)23-17-20-8-4-2-5-9-20/h2-15,17,22H,16H2,1H3. The van der Waals surface area contributed by atoms with E-state index in [0.29, 0.717) is 0 Å². The maximum atomic E-state index is 4.86. The molecule has 0 fully saturated rings. The summed E-state index contributed by atoms with van der Waals surface area (Å²) in [5.41, 5.74) is 4.99. The van der Waals surface area contributed by atoms with Crippen LogP contribution in [0.5, 0.6) is 0 Å². The lowest BCUT2D eigenvalue weighted by atomic mass is 9.98. The first-order valence-corrected chi connectivity index (χ1v) is 8.00. The molecular weight excluding hydrogens is 278 g/mol. The summed E-state index contributed by atoms with van der Waals surface area (Å²) in [7, 11) is 0. The van der Waals surface area contributed by atoms with Gasteiger partial charge in [0.15, 0.2) is 0 Å². The largest absolute Gasteiger partial charge is 0.284 e. The van der Waals surface area contributed by atoms with Crippen molar-refractivity contribution in [1.82, 2.24) is 0 Å².